The van der Waals surface area contributed by atoms with E-state index in [1.807, 2.05) is 0 Å². The van der Waals surface area contributed by atoms with Crippen LogP contribution in [-0.2, 0) is 9.53 Å². The number of nitrogens with one attached hydrogen (secondary N) is 1. The first kappa shape index (κ1) is 11.2. The van der Waals surface area contributed by atoms with Crippen molar-refractivity contribution in [3.63, 3.8) is 0 Å². The molecule has 68 valence electrons. The maximum atomic E-state index is 10.9. The Bertz CT molecular complexity index is 202. The van der Waals surface area contributed by atoms with Gasteiger partial charge in [-0.1, -0.05) is 0 Å². The lowest BCUT2D eigenvalue weighted by Gasteiger charge is -2.05. The molecule has 1 rings (SSSR count). The zero-order valence-corrected chi connectivity index (χ0v) is 7.56. The first-order valence-corrected chi connectivity index (χ1v) is 3.48. The summed E-state index contributed by atoms with van der Waals surface area (Å²) in [4.78, 5) is 10.9. The summed E-state index contributed by atoms with van der Waals surface area (Å²) in [5, 5.41) is 11.4. The Morgan fingerprint density at radius 2 is 2.42 bits per heavy atom. The van der Waals surface area contributed by atoms with Crippen LogP contribution in [0.25, 0.3) is 0 Å². The Morgan fingerprint density at radius 1 is 1.75 bits per heavy atom. The van der Waals surface area contributed by atoms with Gasteiger partial charge < -0.3 is 10.1 Å². The Balaban J connectivity index is 0.00000121. The smallest absolute Gasteiger partial charge is 0.322 e. The number of nitrogens with zero attached hydrogens (tertiary/aromatic N) is 1. The summed E-state index contributed by atoms with van der Waals surface area (Å²) in [5.74, 6) is -0.318. The van der Waals surface area contributed by atoms with E-state index in [0.717, 1.165) is 0 Å². The predicted octanol–water partition coefficient (Wildman–Crippen LogP) is 0.0829. The third kappa shape index (κ3) is 2.36. The van der Waals surface area contributed by atoms with E-state index in [0.29, 0.717) is 13.0 Å². The lowest BCUT2D eigenvalue weighted by atomic mass is 10.1. The van der Waals surface area contributed by atoms with Crippen molar-refractivity contribution in [3.05, 3.63) is 0 Å². The molecule has 0 unspecified atom stereocenters. The van der Waals surface area contributed by atoms with Gasteiger partial charge in [-0.2, -0.15) is 5.26 Å². The number of methoxy groups -OCH3 is 1. The molecule has 0 radical (unpaired) electrons. The Hall–Kier alpha value is -0.790. The minimum absolute atomic E-state index is 0. The number of rotatable bonds is 1. The molecule has 0 aromatic heterocycles. The molecular formula is C7H11ClN2O2. The van der Waals surface area contributed by atoms with E-state index in [4.69, 9.17) is 5.26 Å². The van der Waals surface area contributed by atoms with Crippen molar-refractivity contribution in [2.45, 2.75) is 12.5 Å². The van der Waals surface area contributed by atoms with Gasteiger partial charge in [0, 0.05) is 6.54 Å². The minimum atomic E-state index is -0.275. The first-order chi connectivity index (χ1) is 5.27. The summed E-state index contributed by atoms with van der Waals surface area (Å²) in [6, 6.07) is 1.83. The van der Waals surface area contributed by atoms with Crippen LogP contribution in [0.15, 0.2) is 0 Å². The Morgan fingerprint density at radius 3 is 2.83 bits per heavy atom. The molecule has 0 aromatic rings. The number of carbonyl (C=O) groups excluding carboxylic acids is 1. The van der Waals surface area contributed by atoms with E-state index in [1.54, 1.807) is 0 Å². The van der Waals surface area contributed by atoms with Gasteiger partial charge in [0.2, 0.25) is 0 Å². The second kappa shape index (κ2) is 4.96. The average molecular weight is 191 g/mol. The molecule has 1 fully saturated rings. The van der Waals surface area contributed by atoms with Crippen molar-refractivity contribution in [1.29, 1.82) is 5.26 Å². The van der Waals surface area contributed by atoms with Gasteiger partial charge in [0.05, 0.1) is 19.1 Å². The molecule has 4 nitrogen and oxygen atoms in total. The quantitative estimate of drug-likeness (QED) is 0.595. The highest BCUT2D eigenvalue weighted by molar-refractivity contribution is 5.85. The average Bonchev–Trinajstić information content (AvgIpc) is 2.50. The van der Waals surface area contributed by atoms with E-state index in [1.165, 1.54) is 7.11 Å². The van der Waals surface area contributed by atoms with Gasteiger partial charge in [0.1, 0.15) is 6.04 Å². The van der Waals surface area contributed by atoms with Gasteiger partial charge in [-0.05, 0) is 6.42 Å². The summed E-state index contributed by atoms with van der Waals surface area (Å²) in [5.41, 5.74) is 0. The maximum absolute atomic E-state index is 10.9. The monoisotopic (exact) mass is 190 g/mol. The normalized spacial score (nSPS) is 27.0. The topological polar surface area (TPSA) is 62.1 Å². The summed E-state index contributed by atoms with van der Waals surface area (Å²) < 4.78 is 4.52. The van der Waals surface area contributed by atoms with Gasteiger partial charge in [-0.15, -0.1) is 12.4 Å². The Kier molecular flexibility index (Phi) is 4.64. The summed E-state index contributed by atoms with van der Waals surface area (Å²) in [6.45, 7) is 0.594. The van der Waals surface area contributed by atoms with Crippen molar-refractivity contribution in [1.82, 2.24) is 5.32 Å². The molecule has 0 bridgehead atoms. The number of esters is 1. The van der Waals surface area contributed by atoms with Crippen LogP contribution in [0.1, 0.15) is 6.42 Å². The fraction of sp³-hybridized carbons (Fsp3) is 0.714. The van der Waals surface area contributed by atoms with E-state index < -0.39 is 0 Å². The molecule has 0 aliphatic carbocycles. The van der Waals surface area contributed by atoms with E-state index >= 15 is 0 Å². The van der Waals surface area contributed by atoms with Crippen LogP contribution in [0.2, 0.25) is 0 Å². The van der Waals surface area contributed by atoms with Gasteiger partial charge >= 0.3 is 5.97 Å². The molecule has 5 heteroatoms. The molecule has 1 aliphatic heterocycles. The highest BCUT2D eigenvalue weighted by Crippen LogP contribution is 2.13. The fourth-order valence-electron chi connectivity index (χ4n) is 1.16. The number of hydrogen-bond acceptors (Lipinski definition) is 4. The third-order valence-electron chi connectivity index (χ3n) is 1.80. The largest absolute Gasteiger partial charge is 0.468 e. The first-order valence-electron chi connectivity index (χ1n) is 3.48. The molecule has 0 amide bonds. The molecule has 2 atom stereocenters. The van der Waals surface area contributed by atoms with Crippen LogP contribution in [0.4, 0.5) is 0 Å². The predicted molar refractivity (Wildman–Crippen MR) is 44.8 cm³/mol. The van der Waals surface area contributed by atoms with Crippen molar-refractivity contribution in [2.24, 2.45) is 5.92 Å². The minimum Gasteiger partial charge on any atom is -0.468 e. The molecule has 0 spiro atoms. The van der Waals surface area contributed by atoms with Crippen molar-refractivity contribution in [2.75, 3.05) is 13.7 Å². The standard InChI is InChI=1S/C7H10N2O2.ClH/c1-11-7(10)6-2-5(3-8)4-9-6;/h5-6,9H,2,4H2,1H3;1H/t5-,6+;/m1./s1. The van der Waals surface area contributed by atoms with Crippen LogP contribution < -0.4 is 5.32 Å². The van der Waals surface area contributed by atoms with E-state index in [9.17, 15) is 4.79 Å². The summed E-state index contributed by atoms with van der Waals surface area (Å²) >= 11 is 0. The summed E-state index contributed by atoms with van der Waals surface area (Å²) in [7, 11) is 1.35. The highest BCUT2D eigenvalue weighted by atomic mass is 35.5. The number of ether oxygens (including phenoxy) is 1. The Labute approximate surface area is 77.3 Å². The van der Waals surface area contributed by atoms with Crippen molar-refractivity contribution >= 4 is 18.4 Å². The van der Waals surface area contributed by atoms with Gasteiger partial charge in [-0.25, -0.2) is 0 Å². The second-order valence-corrected chi connectivity index (χ2v) is 2.55. The molecule has 1 saturated heterocycles. The molecule has 12 heavy (non-hydrogen) atoms. The van der Waals surface area contributed by atoms with Crippen molar-refractivity contribution in [3.8, 4) is 6.07 Å². The zero-order chi connectivity index (χ0) is 8.27. The van der Waals surface area contributed by atoms with Gasteiger partial charge in [-0.3, -0.25) is 4.79 Å². The van der Waals surface area contributed by atoms with E-state index in [2.05, 4.69) is 16.1 Å². The second-order valence-electron chi connectivity index (χ2n) is 2.55. The molecule has 1 aliphatic rings. The highest BCUT2D eigenvalue weighted by Gasteiger charge is 2.29. The van der Waals surface area contributed by atoms with Crippen LogP contribution in [0, 0.1) is 17.2 Å². The zero-order valence-electron chi connectivity index (χ0n) is 6.74. The number of carbonyl (C=O) groups is 1. The fourth-order valence-corrected chi connectivity index (χ4v) is 1.16. The number of hydrogen-bond donors (Lipinski definition) is 1. The third-order valence-corrected chi connectivity index (χ3v) is 1.80. The van der Waals surface area contributed by atoms with Crippen LogP contribution >= 0.6 is 12.4 Å². The van der Waals surface area contributed by atoms with E-state index in [-0.39, 0.29) is 30.3 Å². The SMILES string of the molecule is COC(=O)[C@@H]1C[C@H](C#N)CN1.Cl. The lowest BCUT2D eigenvalue weighted by Crippen LogP contribution is -2.31. The number of halogens is 1. The van der Waals surface area contributed by atoms with Crippen LogP contribution in [-0.4, -0.2) is 25.7 Å². The molecular weight excluding hydrogens is 180 g/mol. The number of nitriles is 1. The van der Waals surface area contributed by atoms with Crippen LogP contribution in [0.5, 0.6) is 0 Å². The maximum Gasteiger partial charge on any atom is 0.322 e. The summed E-state index contributed by atoms with van der Waals surface area (Å²) in [6.07, 6.45) is 0.573. The van der Waals surface area contributed by atoms with Crippen molar-refractivity contribution < 1.29 is 9.53 Å². The molecule has 0 aromatic carbocycles. The van der Waals surface area contributed by atoms with Gasteiger partial charge in [0.25, 0.3) is 0 Å². The van der Waals surface area contributed by atoms with Gasteiger partial charge in [0.15, 0.2) is 0 Å². The van der Waals surface area contributed by atoms with Crippen LogP contribution in [0.3, 0.4) is 0 Å². The molecule has 0 saturated carbocycles. The molecule has 1 heterocycles. The lowest BCUT2D eigenvalue weighted by molar-refractivity contribution is -0.142. The molecule has 1 N–H and O–H groups in total.